The third kappa shape index (κ3) is 9.70. The van der Waals surface area contributed by atoms with Crippen LogP contribution in [0.4, 0.5) is 37.7 Å². The van der Waals surface area contributed by atoms with Crippen LogP contribution in [-0.4, -0.2) is 55.1 Å². The number of imidazole rings is 1. The normalized spacial score (nSPS) is 15.3. The molecule has 282 valence electrons. The first-order chi connectivity index (χ1) is 23.6. The minimum atomic E-state index is -4.77. The van der Waals surface area contributed by atoms with Gasteiger partial charge in [-0.05, 0) is 57.7 Å². The molecule has 1 aliphatic heterocycles. The molecule has 0 amide bonds. The van der Waals surface area contributed by atoms with Gasteiger partial charge in [0.05, 0.1) is 57.1 Å². The summed E-state index contributed by atoms with van der Waals surface area (Å²) in [5, 5.41) is -1.05. The predicted molar refractivity (Wildman–Crippen MR) is 183 cm³/mol. The molecule has 20 heteroatoms. The van der Waals surface area contributed by atoms with E-state index >= 15 is 0 Å². The maximum Gasteiger partial charge on any atom is 0.418 e. The van der Waals surface area contributed by atoms with Crippen LogP contribution in [0.25, 0.3) is 17.1 Å². The zero-order valence-electron chi connectivity index (χ0n) is 27.3. The Labute approximate surface area is 301 Å². The third-order valence-corrected chi connectivity index (χ3v) is 10.4. The Kier molecular flexibility index (Phi) is 12.4. The highest BCUT2D eigenvalue weighted by molar-refractivity contribution is 7.86. The Morgan fingerprint density at radius 3 is 1.86 bits per heavy atom. The number of aromatic nitrogens is 2. The van der Waals surface area contributed by atoms with Crippen molar-refractivity contribution in [1.29, 1.82) is 0 Å². The number of hydrogen-bond donors (Lipinski definition) is 2. The van der Waals surface area contributed by atoms with Gasteiger partial charge in [0, 0.05) is 31.3 Å². The zero-order chi connectivity index (χ0) is 38.1. The third-order valence-electron chi connectivity index (χ3n) is 8.20. The van der Waals surface area contributed by atoms with Gasteiger partial charge in [-0.15, -0.1) is 0 Å². The second-order valence-corrected chi connectivity index (χ2v) is 15.6. The molecule has 0 saturated carbocycles. The van der Waals surface area contributed by atoms with E-state index in [-0.39, 0.29) is 63.1 Å². The Morgan fingerprint density at radius 1 is 0.765 bits per heavy atom. The molecule has 0 aliphatic carbocycles. The topological polar surface area (TPSA) is 124 Å². The Morgan fingerprint density at radius 2 is 1.31 bits per heavy atom. The number of nitrogens with zero attached hydrogens (tertiary/aromatic N) is 4. The van der Waals surface area contributed by atoms with Crippen LogP contribution in [0.2, 0.25) is 10.0 Å². The van der Waals surface area contributed by atoms with E-state index in [1.54, 1.807) is 51.0 Å². The van der Waals surface area contributed by atoms with E-state index in [0.717, 1.165) is 12.1 Å². The molecule has 0 bridgehead atoms. The highest BCUT2D eigenvalue weighted by Gasteiger charge is 2.39. The lowest BCUT2D eigenvalue weighted by Gasteiger charge is -2.24. The van der Waals surface area contributed by atoms with Crippen molar-refractivity contribution in [2.45, 2.75) is 65.0 Å². The van der Waals surface area contributed by atoms with Crippen LogP contribution in [-0.2, 0) is 45.7 Å². The lowest BCUT2D eigenvalue weighted by molar-refractivity contribution is -0.674. The van der Waals surface area contributed by atoms with Gasteiger partial charge in [-0.25, -0.2) is 9.13 Å². The summed E-state index contributed by atoms with van der Waals surface area (Å²) in [6.07, 6.45) is -4.47. The molecule has 0 saturated heterocycles. The summed E-state index contributed by atoms with van der Waals surface area (Å²) >= 11 is 12.1. The maximum absolute atomic E-state index is 13.9. The molecule has 1 aliphatic rings. The summed E-state index contributed by atoms with van der Waals surface area (Å²) in [5.41, 5.74) is -1.11. The molecule has 2 N–H and O–H groups in total. The number of halogens is 8. The molecule has 0 fully saturated rings. The highest BCUT2D eigenvalue weighted by atomic mass is 35.5. The predicted octanol–water partition coefficient (Wildman–Crippen LogP) is 7.83. The number of alkyl halides is 6. The van der Waals surface area contributed by atoms with Crippen LogP contribution in [0.5, 0.6) is 0 Å². The number of anilines is 2. The number of unbranched alkanes of at least 4 members (excludes halogenated alkanes) is 2. The first-order valence-corrected chi connectivity index (χ1v) is 19.6. The van der Waals surface area contributed by atoms with Gasteiger partial charge in [-0.3, -0.25) is 9.11 Å². The van der Waals surface area contributed by atoms with Crippen molar-refractivity contribution in [1.82, 2.24) is 4.57 Å². The van der Waals surface area contributed by atoms with Crippen LogP contribution in [0.15, 0.2) is 42.2 Å². The van der Waals surface area contributed by atoms with Crippen molar-refractivity contribution < 1.29 is 56.9 Å². The Hall–Kier alpha value is -3.03. The summed E-state index contributed by atoms with van der Waals surface area (Å²) in [4.78, 5) is 3.26. The van der Waals surface area contributed by atoms with E-state index in [4.69, 9.17) is 32.3 Å². The first kappa shape index (κ1) is 40.7. The summed E-state index contributed by atoms with van der Waals surface area (Å²) < 4.78 is 150. The maximum atomic E-state index is 13.9. The molecule has 0 unspecified atom stereocenters. The second-order valence-electron chi connectivity index (χ2n) is 11.7. The summed E-state index contributed by atoms with van der Waals surface area (Å²) in [5.74, 6) is -0.311. The molecule has 3 aromatic rings. The fraction of sp³-hybridized carbons (Fsp3) is 0.452. The minimum absolute atomic E-state index is 0.0102. The summed E-state index contributed by atoms with van der Waals surface area (Å²) in [6, 6.07) is 4.20. The molecule has 2 aromatic carbocycles. The zero-order valence-corrected chi connectivity index (χ0v) is 30.4. The SMILES string of the molecule is CCN1C(=CC=Cc2n(CC)c3cc(Cl)c(C(F)(F)F)cc3[n+]2CCCCS(=O)(=O)O)N(CCCCS(=O)(=O)O)c2cc(C(F)(F)F)c(Cl)cc21. The van der Waals surface area contributed by atoms with Crippen LogP contribution < -0.4 is 14.4 Å². The van der Waals surface area contributed by atoms with Gasteiger partial charge in [0.2, 0.25) is 0 Å². The number of fused-ring (bicyclic) bond motifs is 2. The molecular weight excluding hydrogens is 773 g/mol. The number of hydrogen-bond acceptors (Lipinski definition) is 6. The van der Waals surface area contributed by atoms with Gasteiger partial charge < -0.3 is 9.80 Å². The minimum Gasteiger partial charge on any atom is -0.326 e. The van der Waals surface area contributed by atoms with E-state index in [1.807, 2.05) is 0 Å². The molecule has 4 rings (SSSR count). The van der Waals surface area contributed by atoms with Gasteiger partial charge in [-0.1, -0.05) is 29.3 Å². The van der Waals surface area contributed by atoms with Crippen molar-refractivity contribution in [2.75, 3.05) is 34.4 Å². The van der Waals surface area contributed by atoms with Gasteiger partial charge >= 0.3 is 12.4 Å². The average Bonchev–Trinajstić information content (AvgIpc) is 3.44. The van der Waals surface area contributed by atoms with Crippen molar-refractivity contribution in [2.24, 2.45) is 0 Å². The van der Waals surface area contributed by atoms with E-state index in [9.17, 15) is 43.2 Å². The molecule has 10 nitrogen and oxygen atoms in total. The van der Waals surface area contributed by atoms with Gasteiger partial charge in [-0.2, -0.15) is 43.2 Å². The first-order valence-electron chi connectivity index (χ1n) is 15.6. The van der Waals surface area contributed by atoms with E-state index in [2.05, 4.69) is 0 Å². The molecule has 0 atom stereocenters. The van der Waals surface area contributed by atoms with Crippen molar-refractivity contribution >= 4 is 71.9 Å². The fourth-order valence-corrected chi connectivity index (χ4v) is 7.68. The molecule has 0 radical (unpaired) electrons. The van der Waals surface area contributed by atoms with Crippen LogP contribution in [0, 0.1) is 0 Å². The number of allylic oxidation sites excluding steroid dienone is 2. The summed E-state index contributed by atoms with van der Waals surface area (Å²) in [7, 11) is -8.55. The fourth-order valence-electron chi connectivity index (χ4n) is 6.01. The molecule has 1 aromatic heterocycles. The van der Waals surface area contributed by atoms with Gasteiger partial charge in [0.1, 0.15) is 5.82 Å². The quantitative estimate of drug-likeness (QED) is 0.0732. The van der Waals surface area contributed by atoms with Crippen molar-refractivity contribution in [3.05, 3.63) is 69.2 Å². The van der Waals surface area contributed by atoms with E-state index in [1.165, 1.54) is 12.1 Å². The largest absolute Gasteiger partial charge is 0.418 e. The molecule has 51 heavy (non-hydrogen) atoms. The average molecular weight is 809 g/mol. The van der Waals surface area contributed by atoms with E-state index in [0.29, 0.717) is 22.8 Å². The highest BCUT2D eigenvalue weighted by Crippen LogP contribution is 2.48. The number of benzene rings is 2. The number of aryl methyl sites for hydroxylation is 2. The number of rotatable bonds is 14. The van der Waals surface area contributed by atoms with Crippen LogP contribution >= 0.6 is 23.2 Å². The second kappa shape index (κ2) is 15.5. The smallest absolute Gasteiger partial charge is 0.326 e. The Balaban J connectivity index is 1.84. The Bertz CT molecular complexity index is 2070. The van der Waals surface area contributed by atoms with Crippen molar-refractivity contribution in [3.8, 4) is 0 Å². The van der Waals surface area contributed by atoms with Gasteiger partial charge in [0.25, 0.3) is 26.1 Å². The van der Waals surface area contributed by atoms with Crippen LogP contribution in [0.3, 0.4) is 0 Å². The lowest BCUT2D eigenvalue weighted by atomic mass is 10.1. The lowest BCUT2D eigenvalue weighted by Crippen LogP contribution is -2.37. The van der Waals surface area contributed by atoms with Crippen molar-refractivity contribution in [3.63, 3.8) is 0 Å². The standard InChI is InChI=1S/C31H34Cl2F6N4O6S2/c1-3-40-26-18-22(32)20(30(34,35)36)16-24(26)42(12-5-7-14-50(44,45)46)28(40)10-9-11-29-41(4-2)27-19-23(33)21(31(37,38)39)17-25(27)43(29)13-6-8-15-51(47,48)49/h9-11,16-19H,3-8,12-15H2,1-2H3,(H-,44,45,46,47,48,49)/p+1. The summed E-state index contributed by atoms with van der Waals surface area (Å²) in [6.45, 7) is 4.17. The molecular formula is C31H35Cl2F6N4O6S2+. The molecule has 2 heterocycles. The molecule has 0 spiro atoms. The monoisotopic (exact) mass is 807 g/mol. The van der Waals surface area contributed by atoms with E-state index < -0.39 is 65.3 Å². The van der Waals surface area contributed by atoms with Crippen LogP contribution in [0.1, 0.15) is 56.5 Å². The van der Waals surface area contributed by atoms with Gasteiger partial charge in [0.15, 0.2) is 11.0 Å².